The fraction of sp³-hybridized carbons (Fsp3) is 0.182. The molecule has 0 unspecified atom stereocenters. The third kappa shape index (κ3) is 2.94. The van der Waals surface area contributed by atoms with Crippen molar-refractivity contribution < 1.29 is 13.3 Å². The van der Waals surface area contributed by atoms with E-state index in [1.54, 1.807) is 0 Å². The number of aryl methyl sites for hydroxylation is 1. The van der Waals surface area contributed by atoms with Gasteiger partial charge in [0.2, 0.25) is 0 Å². The summed E-state index contributed by atoms with van der Waals surface area (Å²) in [6, 6.07) is 3.74. The molecule has 0 saturated heterocycles. The first-order valence-corrected chi connectivity index (χ1v) is 7.41. The van der Waals surface area contributed by atoms with E-state index < -0.39 is 25.5 Å². The van der Waals surface area contributed by atoms with Gasteiger partial charge in [-0.15, -0.1) is 0 Å². The van der Waals surface area contributed by atoms with Gasteiger partial charge < -0.3 is 5.73 Å². The number of sulfonamides is 1. The molecular weight excluding hydrogens is 298 g/mol. The number of hydrogen-bond acceptors (Lipinski definition) is 6. The summed E-state index contributed by atoms with van der Waals surface area (Å²) in [5, 5.41) is 14.9. The fourth-order valence-corrected chi connectivity index (χ4v) is 2.98. The van der Waals surface area contributed by atoms with Crippen molar-refractivity contribution in [3.63, 3.8) is 0 Å². The Morgan fingerprint density at radius 2 is 2.19 bits per heavy atom. The molecule has 0 fully saturated rings. The summed E-state index contributed by atoms with van der Waals surface area (Å²) in [7, 11) is -4.13. The molecule has 2 rings (SSSR count). The van der Waals surface area contributed by atoms with Crippen molar-refractivity contribution in [2.24, 2.45) is 0 Å². The first-order chi connectivity index (χ1) is 9.85. The summed E-state index contributed by atoms with van der Waals surface area (Å²) in [4.78, 5) is 9.70. The van der Waals surface area contributed by atoms with E-state index in [1.807, 2.05) is 6.92 Å². The zero-order valence-corrected chi connectivity index (χ0v) is 11.9. The molecule has 10 heteroatoms. The number of nitrogens with one attached hydrogen (secondary N) is 1. The number of nitrogen functional groups attached to an aromatic ring is 1. The molecule has 1 heterocycles. The fourth-order valence-electron chi connectivity index (χ4n) is 1.75. The first-order valence-electron chi connectivity index (χ1n) is 5.93. The number of benzene rings is 1. The molecule has 21 heavy (non-hydrogen) atoms. The van der Waals surface area contributed by atoms with Crippen molar-refractivity contribution in [1.29, 1.82) is 0 Å². The van der Waals surface area contributed by atoms with Gasteiger partial charge >= 0.3 is 5.69 Å². The van der Waals surface area contributed by atoms with Crippen LogP contribution in [0.4, 0.5) is 17.1 Å². The zero-order chi connectivity index (χ0) is 15.6. The summed E-state index contributed by atoms with van der Waals surface area (Å²) >= 11 is 0. The molecule has 0 aliphatic carbocycles. The Kier molecular flexibility index (Phi) is 3.80. The maximum Gasteiger partial charge on any atom is 0.312 e. The molecule has 0 aliphatic heterocycles. The molecule has 0 saturated carbocycles. The van der Waals surface area contributed by atoms with Crippen LogP contribution in [-0.2, 0) is 16.6 Å². The number of rotatable bonds is 5. The lowest BCUT2D eigenvalue weighted by Crippen LogP contribution is -2.15. The highest BCUT2D eigenvalue weighted by Gasteiger charge is 2.28. The van der Waals surface area contributed by atoms with E-state index in [0.29, 0.717) is 6.54 Å². The van der Waals surface area contributed by atoms with Gasteiger partial charge in [-0.05, 0) is 19.1 Å². The van der Waals surface area contributed by atoms with Gasteiger partial charge in [0.05, 0.1) is 16.8 Å². The van der Waals surface area contributed by atoms with Crippen LogP contribution in [-0.4, -0.2) is 23.1 Å². The molecule has 0 aliphatic rings. The number of aromatic nitrogens is 2. The van der Waals surface area contributed by atoms with Crippen LogP contribution >= 0.6 is 0 Å². The van der Waals surface area contributed by atoms with Crippen LogP contribution in [0.15, 0.2) is 35.5 Å². The Morgan fingerprint density at radius 3 is 2.76 bits per heavy atom. The third-order valence-corrected chi connectivity index (χ3v) is 4.12. The number of hydrogen-bond donors (Lipinski definition) is 2. The van der Waals surface area contributed by atoms with Crippen molar-refractivity contribution in [1.82, 2.24) is 9.78 Å². The van der Waals surface area contributed by atoms with Crippen LogP contribution in [0.1, 0.15) is 6.92 Å². The maximum atomic E-state index is 12.3. The first kappa shape index (κ1) is 14.8. The van der Waals surface area contributed by atoms with Gasteiger partial charge in [0, 0.05) is 12.7 Å². The van der Waals surface area contributed by atoms with Crippen LogP contribution in [0.5, 0.6) is 0 Å². The predicted molar refractivity (Wildman–Crippen MR) is 76.2 cm³/mol. The molecule has 0 bridgehead atoms. The maximum absolute atomic E-state index is 12.3. The van der Waals surface area contributed by atoms with Crippen LogP contribution in [0.3, 0.4) is 0 Å². The van der Waals surface area contributed by atoms with Crippen LogP contribution in [0, 0.1) is 10.1 Å². The zero-order valence-electron chi connectivity index (χ0n) is 11.1. The minimum absolute atomic E-state index is 0.216. The van der Waals surface area contributed by atoms with Crippen molar-refractivity contribution in [2.45, 2.75) is 18.4 Å². The number of nitrogens with zero attached hydrogens (tertiary/aromatic N) is 3. The Hall–Kier alpha value is -2.62. The SMILES string of the molecule is CCn1cc(NS(=O)(=O)c2cccc(N)c2[N+](=O)[O-])cn1. The Bertz CT molecular complexity index is 784. The molecule has 1 aromatic heterocycles. The topological polar surface area (TPSA) is 133 Å². The molecule has 112 valence electrons. The standard InChI is InChI=1S/C11H13N5O4S/c1-2-15-7-8(6-13-15)14-21(19,20)10-5-3-4-9(12)11(10)16(17)18/h3-7,14H,2,12H2,1H3. The molecule has 9 nitrogen and oxygen atoms in total. The number of para-hydroxylation sites is 1. The summed E-state index contributed by atoms with van der Waals surface area (Å²) in [5.74, 6) is 0. The second-order valence-electron chi connectivity index (χ2n) is 4.14. The molecule has 0 spiro atoms. The van der Waals surface area contributed by atoms with Gasteiger partial charge in [-0.1, -0.05) is 6.07 Å². The van der Waals surface area contributed by atoms with Gasteiger partial charge in [0.15, 0.2) is 4.90 Å². The Labute approximate surface area is 120 Å². The average Bonchev–Trinajstić information content (AvgIpc) is 2.85. The predicted octanol–water partition coefficient (Wildman–Crippen LogP) is 1.19. The lowest BCUT2D eigenvalue weighted by molar-refractivity contribution is -0.386. The minimum Gasteiger partial charge on any atom is -0.393 e. The Balaban J connectivity index is 2.45. The monoisotopic (exact) mass is 311 g/mol. The summed E-state index contributed by atoms with van der Waals surface area (Å²) in [6.45, 7) is 2.41. The molecule has 0 amide bonds. The second-order valence-corrected chi connectivity index (χ2v) is 5.79. The van der Waals surface area contributed by atoms with Gasteiger partial charge in [0.1, 0.15) is 5.69 Å². The van der Waals surface area contributed by atoms with Gasteiger partial charge in [-0.2, -0.15) is 5.10 Å². The van der Waals surface area contributed by atoms with Crippen molar-refractivity contribution >= 4 is 27.1 Å². The average molecular weight is 311 g/mol. The minimum atomic E-state index is -4.13. The second kappa shape index (κ2) is 5.40. The van der Waals surface area contributed by atoms with Gasteiger partial charge in [0.25, 0.3) is 10.0 Å². The van der Waals surface area contributed by atoms with E-state index in [1.165, 1.54) is 29.2 Å². The van der Waals surface area contributed by atoms with Crippen molar-refractivity contribution in [2.75, 3.05) is 10.5 Å². The van der Waals surface area contributed by atoms with Crippen molar-refractivity contribution in [3.05, 3.63) is 40.7 Å². The van der Waals surface area contributed by atoms with E-state index in [-0.39, 0.29) is 11.4 Å². The molecule has 2 aromatic rings. The van der Waals surface area contributed by atoms with E-state index >= 15 is 0 Å². The molecular formula is C11H13N5O4S. The third-order valence-electron chi connectivity index (χ3n) is 2.71. The highest BCUT2D eigenvalue weighted by atomic mass is 32.2. The van der Waals surface area contributed by atoms with E-state index in [2.05, 4.69) is 9.82 Å². The summed E-state index contributed by atoms with van der Waals surface area (Å²) in [6.07, 6.45) is 2.80. The van der Waals surface area contributed by atoms with Gasteiger partial charge in [-0.25, -0.2) is 8.42 Å². The molecule has 0 radical (unpaired) electrons. The number of nitro groups is 1. The highest BCUT2D eigenvalue weighted by molar-refractivity contribution is 7.92. The quantitative estimate of drug-likeness (QED) is 0.484. The highest BCUT2D eigenvalue weighted by Crippen LogP contribution is 2.30. The Morgan fingerprint density at radius 1 is 1.48 bits per heavy atom. The van der Waals surface area contributed by atoms with Crippen molar-refractivity contribution in [3.8, 4) is 0 Å². The van der Waals surface area contributed by atoms with Crippen LogP contribution in [0.25, 0.3) is 0 Å². The smallest absolute Gasteiger partial charge is 0.312 e. The normalized spacial score (nSPS) is 11.3. The lowest BCUT2D eigenvalue weighted by atomic mass is 10.3. The number of nitrogens with two attached hydrogens (primary N) is 1. The largest absolute Gasteiger partial charge is 0.393 e. The lowest BCUT2D eigenvalue weighted by Gasteiger charge is -2.07. The van der Waals surface area contributed by atoms with E-state index in [4.69, 9.17) is 5.73 Å². The van der Waals surface area contributed by atoms with E-state index in [0.717, 1.165) is 6.07 Å². The number of anilines is 2. The summed E-state index contributed by atoms with van der Waals surface area (Å²) < 4.78 is 28.3. The summed E-state index contributed by atoms with van der Waals surface area (Å²) in [5.41, 5.74) is 4.84. The molecule has 1 aromatic carbocycles. The molecule has 0 atom stereocenters. The van der Waals surface area contributed by atoms with Gasteiger partial charge in [-0.3, -0.25) is 19.5 Å². The molecule has 3 N–H and O–H groups in total. The van der Waals surface area contributed by atoms with Crippen LogP contribution in [0.2, 0.25) is 0 Å². The van der Waals surface area contributed by atoms with Crippen LogP contribution < -0.4 is 10.5 Å². The van der Waals surface area contributed by atoms with E-state index in [9.17, 15) is 18.5 Å². The number of nitro benzene ring substituents is 1.